The van der Waals surface area contributed by atoms with E-state index >= 15 is 0 Å². The molecule has 3 rings (SSSR count). The Morgan fingerprint density at radius 1 is 1.32 bits per heavy atom. The van der Waals surface area contributed by atoms with Gasteiger partial charge in [0.15, 0.2) is 16.3 Å². The van der Waals surface area contributed by atoms with Gasteiger partial charge in [0, 0.05) is 13.1 Å². The van der Waals surface area contributed by atoms with Crippen LogP contribution in [0.4, 0.5) is 0 Å². The number of aromatic amines is 1. The summed E-state index contributed by atoms with van der Waals surface area (Å²) in [5.74, 6) is 1.11. The quantitative estimate of drug-likeness (QED) is 0.719. The highest BCUT2D eigenvalue weighted by atomic mass is 32.1. The topological polar surface area (TPSA) is 88.5 Å². The Labute approximate surface area is 150 Å². The predicted molar refractivity (Wildman–Crippen MR) is 96.3 cm³/mol. The number of hydrogen-bond donors (Lipinski definition) is 3. The summed E-state index contributed by atoms with van der Waals surface area (Å²) in [6.07, 6.45) is 0.789. The van der Waals surface area contributed by atoms with Crippen LogP contribution in [-0.4, -0.2) is 35.4 Å². The summed E-state index contributed by atoms with van der Waals surface area (Å²) in [5.41, 5.74) is 1.78. The maximum absolute atomic E-state index is 12.5. The Morgan fingerprint density at radius 2 is 2.00 bits per heavy atom. The van der Waals surface area contributed by atoms with Crippen molar-refractivity contribution in [3.8, 4) is 17.4 Å². The van der Waals surface area contributed by atoms with Crippen LogP contribution in [0.2, 0.25) is 0 Å². The van der Waals surface area contributed by atoms with Crippen molar-refractivity contribution >= 4 is 12.2 Å². The number of aromatic nitrogens is 2. The molecule has 0 radical (unpaired) electrons. The van der Waals surface area contributed by atoms with Crippen molar-refractivity contribution in [2.45, 2.75) is 25.9 Å². The van der Waals surface area contributed by atoms with Crippen LogP contribution in [0.1, 0.15) is 29.7 Å². The van der Waals surface area contributed by atoms with Gasteiger partial charge in [0.2, 0.25) is 5.88 Å². The van der Waals surface area contributed by atoms with Gasteiger partial charge in [-0.15, -0.1) is 0 Å². The molecule has 0 spiro atoms. The highest BCUT2D eigenvalue weighted by molar-refractivity contribution is 7.71. The molecular formula is C17H21N3O4S. The minimum absolute atomic E-state index is 0.114. The van der Waals surface area contributed by atoms with E-state index in [-0.39, 0.29) is 16.2 Å². The molecule has 1 aliphatic heterocycles. The van der Waals surface area contributed by atoms with Gasteiger partial charge in [0.1, 0.15) is 0 Å². The van der Waals surface area contributed by atoms with Crippen LogP contribution in [-0.2, 0) is 13.0 Å². The third-order valence-corrected chi connectivity index (χ3v) is 4.83. The number of H-pyrrole nitrogens is 1. The molecule has 1 aromatic carbocycles. The van der Waals surface area contributed by atoms with Gasteiger partial charge < -0.3 is 19.9 Å². The number of hydrogen-bond acceptors (Lipinski definition) is 6. The number of aromatic hydroxyl groups is 1. The lowest BCUT2D eigenvalue weighted by Crippen LogP contribution is -2.35. The summed E-state index contributed by atoms with van der Waals surface area (Å²) in [7, 11) is 3.16. The first-order valence-electron chi connectivity index (χ1n) is 8.05. The number of nitrogens with zero attached hydrogens (tertiary/aromatic N) is 1. The second-order valence-electron chi connectivity index (χ2n) is 5.78. The second-order valence-corrected chi connectivity index (χ2v) is 6.17. The first-order chi connectivity index (χ1) is 12.0. The second kappa shape index (κ2) is 6.89. The summed E-state index contributed by atoms with van der Waals surface area (Å²) in [6, 6.07) is 3.31. The van der Waals surface area contributed by atoms with Gasteiger partial charge in [-0.1, -0.05) is 0 Å². The van der Waals surface area contributed by atoms with Gasteiger partial charge in [0.25, 0.3) is 5.56 Å². The molecule has 3 N–H and O–H groups in total. The highest BCUT2D eigenvalue weighted by Crippen LogP contribution is 2.38. The van der Waals surface area contributed by atoms with Crippen molar-refractivity contribution in [3.05, 3.63) is 43.9 Å². The van der Waals surface area contributed by atoms with Crippen LogP contribution in [0.15, 0.2) is 16.9 Å². The molecule has 0 fully saturated rings. The van der Waals surface area contributed by atoms with Crippen molar-refractivity contribution in [1.82, 2.24) is 14.9 Å². The molecule has 134 valence electrons. The fourth-order valence-electron chi connectivity index (χ4n) is 3.27. The average Bonchev–Trinajstić information content (AvgIpc) is 2.60. The number of benzene rings is 1. The largest absolute Gasteiger partial charge is 0.494 e. The zero-order valence-electron chi connectivity index (χ0n) is 14.4. The van der Waals surface area contributed by atoms with Gasteiger partial charge in [-0.05, 0) is 48.8 Å². The van der Waals surface area contributed by atoms with Gasteiger partial charge in [0.05, 0.1) is 25.8 Å². The third kappa shape index (κ3) is 2.91. The van der Waals surface area contributed by atoms with Crippen molar-refractivity contribution in [3.63, 3.8) is 0 Å². The van der Waals surface area contributed by atoms with Gasteiger partial charge in [-0.3, -0.25) is 14.3 Å². The lowest BCUT2D eigenvalue weighted by molar-refractivity contribution is 0.352. The van der Waals surface area contributed by atoms with Crippen LogP contribution >= 0.6 is 12.2 Å². The first kappa shape index (κ1) is 17.5. The zero-order valence-corrected chi connectivity index (χ0v) is 15.2. The summed E-state index contributed by atoms with van der Waals surface area (Å²) in [6.45, 7) is 2.99. The molecule has 0 amide bonds. The van der Waals surface area contributed by atoms with E-state index in [0.717, 1.165) is 17.5 Å². The Kier molecular flexibility index (Phi) is 4.82. The molecule has 25 heavy (non-hydrogen) atoms. The molecule has 0 aliphatic carbocycles. The Hall–Kier alpha value is -2.32. The Balaban J connectivity index is 2.23. The molecule has 0 bridgehead atoms. The van der Waals surface area contributed by atoms with Crippen molar-refractivity contribution in [2.24, 2.45) is 0 Å². The van der Waals surface area contributed by atoms with Crippen LogP contribution in [0.25, 0.3) is 0 Å². The van der Waals surface area contributed by atoms with Gasteiger partial charge >= 0.3 is 0 Å². The normalized spacial score (nSPS) is 16.4. The standard InChI is InChI=1S/C17H21N3O4S/c1-4-20-16(22)13(15(21)19-17(20)25)14-10-8-12(24-3)11(23-2)7-9(10)5-6-18-14/h7-8,14,18,22H,4-6H2,1-3H3,(H,19,21,25). The minimum atomic E-state index is -0.458. The van der Waals surface area contributed by atoms with E-state index in [2.05, 4.69) is 10.3 Å². The molecule has 7 nitrogen and oxygen atoms in total. The van der Waals surface area contributed by atoms with Crippen molar-refractivity contribution < 1.29 is 14.6 Å². The summed E-state index contributed by atoms with van der Waals surface area (Å²) >= 11 is 5.13. The summed E-state index contributed by atoms with van der Waals surface area (Å²) < 4.78 is 12.5. The molecule has 2 heterocycles. The maximum Gasteiger partial charge on any atom is 0.260 e. The van der Waals surface area contributed by atoms with E-state index in [0.29, 0.717) is 24.6 Å². The fourth-order valence-corrected chi connectivity index (χ4v) is 3.58. The van der Waals surface area contributed by atoms with E-state index in [4.69, 9.17) is 21.7 Å². The van der Waals surface area contributed by atoms with Gasteiger partial charge in [-0.25, -0.2) is 0 Å². The summed E-state index contributed by atoms with van der Waals surface area (Å²) in [4.78, 5) is 15.2. The molecule has 1 unspecified atom stereocenters. The lowest BCUT2D eigenvalue weighted by atomic mass is 9.90. The maximum atomic E-state index is 12.5. The lowest BCUT2D eigenvalue weighted by Gasteiger charge is -2.28. The van der Waals surface area contributed by atoms with Crippen LogP contribution in [0, 0.1) is 4.77 Å². The molecule has 0 saturated carbocycles. The van der Waals surface area contributed by atoms with Crippen molar-refractivity contribution in [2.75, 3.05) is 20.8 Å². The molecular weight excluding hydrogens is 342 g/mol. The molecule has 1 aromatic heterocycles. The number of ether oxygens (including phenoxy) is 2. The molecule has 1 aliphatic rings. The van der Waals surface area contributed by atoms with Crippen LogP contribution in [0.3, 0.4) is 0 Å². The zero-order chi connectivity index (χ0) is 18.1. The molecule has 8 heteroatoms. The molecule has 1 atom stereocenters. The fraction of sp³-hybridized carbons (Fsp3) is 0.412. The van der Waals surface area contributed by atoms with E-state index < -0.39 is 11.6 Å². The first-order valence-corrected chi connectivity index (χ1v) is 8.46. The minimum Gasteiger partial charge on any atom is -0.494 e. The monoisotopic (exact) mass is 363 g/mol. The average molecular weight is 363 g/mol. The molecule has 0 saturated heterocycles. The van der Waals surface area contributed by atoms with E-state index in [1.807, 2.05) is 19.1 Å². The van der Waals surface area contributed by atoms with Crippen LogP contribution < -0.4 is 20.3 Å². The number of fused-ring (bicyclic) bond motifs is 1. The van der Waals surface area contributed by atoms with E-state index in [1.54, 1.807) is 14.2 Å². The van der Waals surface area contributed by atoms with Crippen LogP contribution in [0.5, 0.6) is 17.4 Å². The van der Waals surface area contributed by atoms with E-state index in [1.165, 1.54) is 4.57 Å². The smallest absolute Gasteiger partial charge is 0.260 e. The van der Waals surface area contributed by atoms with E-state index in [9.17, 15) is 9.90 Å². The Morgan fingerprint density at radius 3 is 2.64 bits per heavy atom. The highest BCUT2D eigenvalue weighted by Gasteiger charge is 2.29. The Bertz CT molecular complexity index is 919. The number of nitrogens with one attached hydrogen (secondary N) is 2. The third-order valence-electron chi connectivity index (χ3n) is 4.51. The van der Waals surface area contributed by atoms with Crippen molar-refractivity contribution in [1.29, 1.82) is 0 Å². The summed E-state index contributed by atoms with van der Waals surface area (Å²) in [5, 5.41) is 13.9. The number of rotatable bonds is 4. The number of methoxy groups -OCH3 is 2. The predicted octanol–water partition coefficient (Wildman–Crippen LogP) is 1.88. The molecule has 2 aromatic rings. The van der Waals surface area contributed by atoms with Gasteiger partial charge in [-0.2, -0.15) is 0 Å². The SMILES string of the molecule is CCn1c(O)c(C2NCCc3cc(OC)c(OC)cc32)c(=O)[nH]c1=S.